The van der Waals surface area contributed by atoms with Crippen LogP contribution in [-0.4, -0.2) is 46.4 Å². The van der Waals surface area contributed by atoms with E-state index in [2.05, 4.69) is 20.3 Å². The number of aryl methyl sites for hydroxylation is 1. The molecule has 10 heteroatoms. The first-order valence-electron chi connectivity index (χ1n) is 8.56. The fourth-order valence-corrected chi connectivity index (χ4v) is 2.98. The standard InChI is InChI=1S/C18H22N6O4/c1-10-4-11(7-13(25)28-3)6-12(5-10)8-24-16-14(21-18(24)26)15(19)22-17(23-16)20-9-27-2/h4-6H,7-9H2,1-3H3,(H,21,26)(H3,19,20,22,23). The number of esters is 1. The number of hydrogen-bond acceptors (Lipinski definition) is 8. The molecule has 10 nitrogen and oxygen atoms in total. The molecule has 0 amide bonds. The van der Waals surface area contributed by atoms with Crippen LogP contribution in [-0.2, 0) is 27.2 Å². The van der Waals surface area contributed by atoms with Crippen molar-refractivity contribution in [2.45, 2.75) is 19.9 Å². The van der Waals surface area contributed by atoms with Gasteiger partial charge in [0.25, 0.3) is 0 Å². The molecule has 0 saturated heterocycles. The highest BCUT2D eigenvalue weighted by molar-refractivity contribution is 5.82. The fraction of sp³-hybridized carbons (Fsp3) is 0.333. The lowest BCUT2D eigenvalue weighted by molar-refractivity contribution is -0.139. The van der Waals surface area contributed by atoms with Crippen LogP contribution in [0.4, 0.5) is 11.8 Å². The number of aromatic amines is 1. The molecule has 28 heavy (non-hydrogen) atoms. The fourth-order valence-electron chi connectivity index (χ4n) is 2.98. The van der Waals surface area contributed by atoms with Crippen LogP contribution in [0.5, 0.6) is 0 Å². The molecule has 2 heterocycles. The van der Waals surface area contributed by atoms with Crippen molar-refractivity contribution in [2.24, 2.45) is 0 Å². The third-order valence-corrected chi connectivity index (χ3v) is 4.14. The maximum atomic E-state index is 12.5. The highest BCUT2D eigenvalue weighted by Crippen LogP contribution is 2.18. The van der Waals surface area contributed by atoms with Crippen molar-refractivity contribution in [1.29, 1.82) is 0 Å². The minimum atomic E-state index is -0.351. The summed E-state index contributed by atoms with van der Waals surface area (Å²) in [5.41, 5.74) is 8.99. The van der Waals surface area contributed by atoms with Gasteiger partial charge in [0.1, 0.15) is 12.2 Å². The summed E-state index contributed by atoms with van der Waals surface area (Å²) >= 11 is 0. The molecule has 0 radical (unpaired) electrons. The van der Waals surface area contributed by atoms with Crippen LogP contribution in [0.2, 0.25) is 0 Å². The topological polar surface area (TPSA) is 137 Å². The highest BCUT2D eigenvalue weighted by atomic mass is 16.5. The number of nitrogens with two attached hydrogens (primary N) is 1. The number of H-pyrrole nitrogens is 1. The number of rotatable bonds is 7. The number of benzene rings is 1. The van der Waals surface area contributed by atoms with Crippen LogP contribution in [0, 0.1) is 6.92 Å². The molecule has 3 rings (SSSR count). The number of hydrogen-bond donors (Lipinski definition) is 3. The average Bonchev–Trinajstić information content (AvgIpc) is 2.96. The molecule has 4 N–H and O–H groups in total. The number of nitrogens with one attached hydrogen (secondary N) is 2. The van der Waals surface area contributed by atoms with Gasteiger partial charge in [0, 0.05) is 7.11 Å². The maximum absolute atomic E-state index is 12.5. The summed E-state index contributed by atoms with van der Waals surface area (Å²) in [7, 11) is 2.88. The zero-order chi connectivity index (χ0) is 20.3. The number of ether oxygens (including phenoxy) is 2. The predicted octanol–water partition coefficient (Wildman–Crippen LogP) is 0.790. The van der Waals surface area contributed by atoms with Crippen molar-refractivity contribution >= 4 is 28.9 Å². The number of carbonyl (C=O) groups is 1. The average molecular weight is 386 g/mol. The summed E-state index contributed by atoms with van der Waals surface area (Å²) in [5.74, 6) is 0.0977. The first-order chi connectivity index (χ1) is 13.4. The summed E-state index contributed by atoms with van der Waals surface area (Å²) in [6.45, 7) is 2.39. The molecule has 0 bridgehead atoms. The zero-order valence-electron chi connectivity index (χ0n) is 15.9. The van der Waals surface area contributed by atoms with Crippen LogP contribution in [0.1, 0.15) is 16.7 Å². The third kappa shape index (κ3) is 4.12. The zero-order valence-corrected chi connectivity index (χ0v) is 15.9. The van der Waals surface area contributed by atoms with Crippen LogP contribution in [0.3, 0.4) is 0 Å². The van der Waals surface area contributed by atoms with Gasteiger partial charge < -0.3 is 25.5 Å². The Labute approximate surface area is 160 Å². The van der Waals surface area contributed by atoms with E-state index in [1.807, 2.05) is 25.1 Å². The number of carbonyl (C=O) groups excluding carboxylic acids is 1. The number of fused-ring (bicyclic) bond motifs is 1. The normalized spacial score (nSPS) is 11.0. The lowest BCUT2D eigenvalue weighted by Crippen LogP contribution is -2.18. The van der Waals surface area contributed by atoms with Gasteiger partial charge in [-0.15, -0.1) is 0 Å². The molecule has 0 spiro atoms. The van der Waals surface area contributed by atoms with E-state index in [4.69, 9.17) is 15.2 Å². The van der Waals surface area contributed by atoms with E-state index in [1.165, 1.54) is 18.8 Å². The van der Waals surface area contributed by atoms with Gasteiger partial charge in [0.05, 0.1) is 20.1 Å². The molecule has 0 aliphatic heterocycles. The quantitative estimate of drug-likeness (QED) is 0.400. The van der Waals surface area contributed by atoms with Crippen LogP contribution in [0.25, 0.3) is 11.2 Å². The summed E-state index contributed by atoms with van der Waals surface area (Å²) in [5, 5.41) is 2.87. The van der Waals surface area contributed by atoms with Gasteiger partial charge in [0.15, 0.2) is 11.5 Å². The van der Waals surface area contributed by atoms with Crippen molar-refractivity contribution in [1.82, 2.24) is 19.5 Å². The Hall–Kier alpha value is -3.40. The molecular formula is C18H22N6O4. The van der Waals surface area contributed by atoms with Crippen molar-refractivity contribution in [3.63, 3.8) is 0 Å². The van der Waals surface area contributed by atoms with Gasteiger partial charge in [-0.1, -0.05) is 23.8 Å². The van der Waals surface area contributed by atoms with Crippen LogP contribution >= 0.6 is 0 Å². The van der Waals surface area contributed by atoms with E-state index < -0.39 is 0 Å². The highest BCUT2D eigenvalue weighted by Gasteiger charge is 2.15. The molecule has 0 aliphatic carbocycles. The van der Waals surface area contributed by atoms with Gasteiger partial charge in [-0.3, -0.25) is 9.36 Å². The second-order valence-corrected chi connectivity index (χ2v) is 6.34. The molecule has 0 atom stereocenters. The second kappa shape index (κ2) is 8.09. The second-order valence-electron chi connectivity index (χ2n) is 6.34. The first-order valence-corrected chi connectivity index (χ1v) is 8.56. The Morgan fingerprint density at radius 2 is 2.00 bits per heavy atom. The van der Waals surface area contributed by atoms with Crippen molar-refractivity contribution in [3.05, 3.63) is 45.4 Å². The predicted molar refractivity (Wildman–Crippen MR) is 104 cm³/mol. The molecule has 1 aromatic carbocycles. The Morgan fingerprint density at radius 1 is 1.25 bits per heavy atom. The Bertz CT molecular complexity index is 1070. The maximum Gasteiger partial charge on any atom is 0.328 e. The molecule has 0 aliphatic rings. The number of nitrogen functional groups attached to an aromatic ring is 1. The molecule has 3 aromatic rings. The van der Waals surface area contributed by atoms with Gasteiger partial charge >= 0.3 is 11.7 Å². The van der Waals surface area contributed by atoms with Gasteiger partial charge in [-0.25, -0.2) is 4.79 Å². The van der Waals surface area contributed by atoms with E-state index in [1.54, 1.807) is 0 Å². The largest absolute Gasteiger partial charge is 0.469 e. The summed E-state index contributed by atoms with van der Waals surface area (Å²) in [4.78, 5) is 35.2. The summed E-state index contributed by atoms with van der Waals surface area (Å²) in [6, 6.07) is 5.72. The number of anilines is 2. The number of methoxy groups -OCH3 is 2. The minimum absolute atomic E-state index is 0.161. The monoisotopic (exact) mass is 386 g/mol. The van der Waals surface area contributed by atoms with Crippen LogP contribution in [0.15, 0.2) is 23.0 Å². The lowest BCUT2D eigenvalue weighted by Gasteiger charge is -2.09. The SMILES string of the molecule is COCNc1nc(N)c2[nH]c(=O)n(Cc3cc(C)cc(CC(=O)OC)c3)c2n1. The molecule has 0 fully saturated rings. The molecule has 2 aromatic heterocycles. The number of aromatic nitrogens is 4. The molecule has 0 saturated carbocycles. The van der Waals surface area contributed by atoms with E-state index in [0.717, 1.165) is 16.7 Å². The smallest absolute Gasteiger partial charge is 0.328 e. The third-order valence-electron chi connectivity index (χ3n) is 4.14. The first kappa shape index (κ1) is 19.4. The van der Waals surface area contributed by atoms with Gasteiger partial charge in [-0.2, -0.15) is 9.97 Å². The molecular weight excluding hydrogens is 364 g/mol. The number of nitrogens with zero attached hydrogens (tertiary/aromatic N) is 3. The Balaban J connectivity index is 2.00. The molecule has 0 unspecified atom stereocenters. The number of imidazole rings is 1. The summed E-state index contributed by atoms with van der Waals surface area (Å²) < 4.78 is 11.2. The van der Waals surface area contributed by atoms with Gasteiger partial charge in [-0.05, 0) is 18.1 Å². The summed E-state index contributed by atoms with van der Waals surface area (Å²) in [6.07, 6.45) is 0.161. The lowest BCUT2D eigenvalue weighted by atomic mass is 10.0. The molecule has 148 valence electrons. The van der Waals surface area contributed by atoms with Crippen molar-refractivity contribution < 1.29 is 14.3 Å². The van der Waals surface area contributed by atoms with E-state index >= 15 is 0 Å². The van der Waals surface area contributed by atoms with Crippen LogP contribution < -0.4 is 16.7 Å². The van der Waals surface area contributed by atoms with Gasteiger partial charge in [0.2, 0.25) is 5.95 Å². The van der Waals surface area contributed by atoms with E-state index in [9.17, 15) is 9.59 Å². The Kier molecular flexibility index (Phi) is 5.59. The van der Waals surface area contributed by atoms with Crippen molar-refractivity contribution in [2.75, 3.05) is 32.0 Å². The van der Waals surface area contributed by atoms with E-state index in [0.29, 0.717) is 11.2 Å². The Morgan fingerprint density at radius 3 is 2.71 bits per heavy atom. The minimum Gasteiger partial charge on any atom is -0.469 e. The van der Waals surface area contributed by atoms with E-state index in [-0.39, 0.29) is 43.1 Å². The van der Waals surface area contributed by atoms with Crippen molar-refractivity contribution in [3.8, 4) is 0 Å².